The van der Waals surface area contributed by atoms with E-state index < -0.39 is 40.3 Å². The lowest BCUT2D eigenvalue weighted by Crippen LogP contribution is -2.15. The number of halogens is 8. The van der Waals surface area contributed by atoms with Crippen molar-refractivity contribution in [1.29, 1.82) is 0 Å². The van der Waals surface area contributed by atoms with Crippen LogP contribution >= 0.6 is 11.6 Å². The average molecular weight is 1120 g/mol. The van der Waals surface area contributed by atoms with Crippen molar-refractivity contribution >= 4 is 11.6 Å². The lowest BCUT2D eigenvalue weighted by Gasteiger charge is -2.23. The zero-order chi connectivity index (χ0) is 61.9. The summed E-state index contributed by atoms with van der Waals surface area (Å²) >= 11 is 5.91. The van der Waals surface area contributed by atoms with Gasteiger partial charge in [-0.3, -0.25) is 0 Å². The number of benzene rings is 6. The van der Waals surface area contributed by atoms with Gasteiger partial charge in [0.2, 0.25) is 0 Å². The molecule has 6 aromatic rings. The molecule has 438 valence electrons. The van der Waals surface area contributed by atoms with E-state index in [0.717, 1.165) is 17.2 Å². The molecule has 0 fully saturated rings. The Hall–Kier alpha value is -5.28. The Morgan fingerprint density at radius 3 is 1.18 bits per heavy atom. The van der Waals surface area contributed by atoms with Gasteiger partial charge in [0.1, 0.15) is 0 Å². The zero-order valence-electron chi connectivity index (χ0n) is 52.8. The Bertz CT molecular complexity index is 2880. The van der Waals surface area contributed by atoms with Crippen LogP contribution in [0.15, 0.2) is 78.9 Å². The summed E-state index contributed by atoms with van der Waals surface area (Å²) in [6, 6.07) is 23.0. The fraction of sp³-hybridized carbons (Fsp3) is 0.478. The molecule has 0 radical (unpaired) electrons. The van der Waals surface area contributed by atoms with Crippen LogP contribution in [0.2, 0.25) is 5.02 Å². The first-order valence-electron chi connectivity index (χ1n) is 26.8. The number of methoxy groups -OCH3 is 2. The summed E-state index contributed by atoms with van der Waals surface area (Å²) in [6.07, 6.45) is 0. The van der Waals surface area contributed by atoms with Crippen LogP contribution in [-0.2, 0) is 32.5 Å². The van der Waals surface area contributed by atoms with Crippen LogP contribution in [0.1, 0.15) is 197 Å². The summed E-state index contributed by atoms with van der Waals surface area (Å²) < 4.78 is 101. The van der Waals surface area contributed by atoms with Crippen molar-refractivity contribution in [2.45, 2.75) is 206 Å². The molecule has 0 aliphatic rings. The minimum atomic E-state index is -1.40. The normalized spacial score (nSPS) is 11.7. The van der Waals surface area contributed by atoms with Crippen LogP contribution in [0, 0.1) is 89.2 Å². The lowest BCUT2D eigenvalue weighted by atomic mass is 9.82. The van der Waals surface area contributed by atoms with E-state index in [-0.39, 0.29) is 49.2 Å². The summed E-state index contributed by atoms with van der Waals surface area (Å²) in [5.41, 5.74) is 13.7. The Kier molecular flexibility index (Phi) is 25.8. The maximum absolute atomic E-state index is 13.5. The van der Waals surface area contributed by atoms with E-state index in [1.54, 1.807) is 64.1 Å². The van der Waals surface area contributed by atoms with Gasteiger partial charge < -0.3 is 9.47 Å². The molecular formula is C69H94ClF7O2. The van der Waals surface area contributed by atoms with E-state index in [1.807, 2.05) is 41.5 Å². The van der Waals surface area contributed by atoms with E-state index in [4.69, 9.17) is 21.1 Å². The first-order chi connectivity index (χ1) is 35.6. The molecule has 0 bridgehead atoms. The maximum atomic E-state index is 13.5. The third-order valence-electron chi connectivity index (χ3n) is 13.3. The summed E-state index contributed by atoms with van der Waals surface area (Å²) in [7, 11) is 2.90. The van der Waals surface area contributed by atoms with E-state index in [2.05, 4.69) is 128 Å². The van der Waals surface area contributed by atoms with Crippen LogP contribution < -0.4 is 9.47 Å². The third kappa shape index (κ3) is 21.3. The maximum Gasteiger partial charge on any atom is 0.194 e. The van der Waals surface area contributed by atoms with Gasteiger partial charge in [-0.15, -0.1) is 0 Å². The topological polar surface area (TPSA) is 18.5 Å². The van der Waals surface area contributed by atoms with Crippen molar-refractivity contribution in [3.8, 4) is 11.5 Å². The molecule has 0 heterocycles. The van der Waals surface area contributed by atoms with Gasteiger partial charge in [-0.2, -0.15) is 0 Å². The van der Waals surface area contributed by atoms with Gasteiger partial charge in [0.25, 0.3) is 0 Å². The number of ether oxygens (including phenoxy) is 2. The van der Waals surface area contributed by atoms with Gasteiger partial charge in [-0.1, -0.05) is 196 Å². The molecule has 0 spiro atoms. The first-order valence-corrected chi connectivity index (χ1v) is 27.1. The van der Waals surface area contributed by atoms with Crippen molar-refractivity contribution < 1.29 is 40.2 Å². The Labute approximate surface area is 477 Å². The SMILES string of the molecule is CC(C)(C)c1ccc(F)c(F)c1F.COc1cc(C(C)(C)C)ccc1F.COc1ccc(C(C)(C)C)c(Cl)c1F.Cc1cc(C)c(C(C)(C)C)cc1C.Cc1cc(C)c(C)c(C(C)(C)C)c1.Cc1ccc(C(C)(C)C)c(F)c1F. The van der Waals surface area contributed by atoms with Crippen molar-refractivity contribution in [2.75, 3.05) is 14.2 Å². The Morgan fingerprint density at radius 2 is 0.734 bits per heavy atom. The van der Waals surface area contributed by atoms with Crippen LogP contribution in [0.25, 0.3) is 0 Å². The minimum absolute atomic E-state index is 0.0288. The van der Waals surface area contributed by atoms with E-state index in [9.17, 15) is 30.7 Å². The molecule has 2 nitrogen and oxygen atoms in total. The molecule has 0 saturated heterocycles. The molecule has 79 heavy (non-hydrogen) atoms. The summed E-state index contributed by atoms with van der Waals surface area (Å²) in [5, 5.41) is 0.150. The third-order valence-corrected chi connectivity index (χ3v) is 13.7. The van der Waals surface area contributed by atoms with Crippen LogP contribution in [0.5, 0.6) is 11.5 Å². The number of rotatable bonds is 2. The Morgan fingerprint density at radius 1 is 0.316 bits per heavy atom. The van der Waals surface area contributed by atoms with Gasteiger partial charge in [-0.25, -0.2) is 30.7 Å². The highest BCUT2D eigenvalue weighted by Gasteiger charge is 2.25. The molecule has 0 atom stereocenters. The van der Waals surface area contributed by atoms with Gasteiger partial charge in [0.05, 0.1) is 19.2 Å². The van der Waals surface area contributed by atoms with Gasteiger partial charge in [-0.05, 0) is 172 Å². The van der Waals surface area contributed by atoms with Crippen molar-refractivity contribution in [2.24, 2.45) is 0 Å². The van der Waals surface area contributed by atoms with Crippen molar-refractivity contribution in [3.05, 3.63) is 197 Å². The largest absolute Gasteiger partial charge is 0.494 e. The smallest absolute Gasteiger partial charge is 0.194 e. The first kappa shape index (κ1) is 71.7. The molecule has 10 heteroatoms. The fourth-order valence-electron chi connectivity index (χ4n) is 8.31. The second kappa shape index (κ2) is 28.4. The summed E-state index contributed by atoms with van der Waals surface area (Å²) in [5.74, 6) is -5.38. The summed E-state index contributed by atoms with van der Waals surface area (Å²) in [6.45, 7) is 51.3. The zero-order valence-corrected chi connectivity index (χ0v) is 53.6. The molecule has 0 aliphatic heterocycles. The molecule has 0 aromatic heterocycles. The second-order valence-corrected chi connectivity index (χ2v) is 27.0. The predicted molar refractivity (Wildman–Crippen MR) is 322 cm³/mol. The standard InChI is InChI=1S/2C13H20.C11H14ClFO.C11H14F2.C11H15FO.C10H11F3/c1-9-7-11(3)12(8-10(9)2)13(4,5)6;1-9-7-10(2)11(3)12(8-9)13(4,5)6;1-11(2,3)7-5-6-8(14-4)10(13)9(7)12;1-7-5-6-8(11(2,3)4)10(13)9(7)12;1-11(2,3)8-5-6-9(12)10(7-8)13-4;1-10(2,3)6-4-5-7(11)9(13)8(6)12/h2*7-8H,1-6H3;5-6H,1-4H3;5-6H,1-4H3;5-7H,1-4H3;4-5H,1-3H3. The predicted octanol–water partition coefficient (Wildman–Crippen LogP) is 21.7. The molecule has 0 N–H and O–H groups in total. The number of aryl methyl sites for hydroxylation is 6. The van der Waals surface area contributed by atoms with Gasteiger partial charge in [0.15, 0.2) is 52.2 Å². The molecule has 0 saturated carbocycles. The van der Waals surface area contributed by atoms with Crippen molar-refractivity contribution in [1.82, 2.24) is 0 Å². The van der Waals surface area contributed by atoms with E-state index in [0.29, 0.717) is 16.9 Å². The number of hydrogen-bond acceptors (Lipinski definition) is 2. The minimum Gasteiger partial charge on any atom is -0.494 e. The van der Waals surface area contributed by atoms with Crippen LogP contribution in [-0.4, -0.2) is 14.2 Å². The second-order valence-electron chi connectivity index (χ2n) is 26.6. The molecular weight excluding hydrogens is 1030 g/mol. The van der Waals surface area contributed by atoms with Crippen molar-refractivity contribution in [3.63, 3.8) is 0 Å². The quantitative estimate of drug-likeness (QED) is 0.127. The monoisotopic (exact) mass is 1120 g/mol. The molecule has 0 aliphatic carbocycles. The van der Waals surface area contributed by atoms with Crippen LogP contribution in [0.3, 0.4) is 0 Å². The molecule has 6 aromatic carbocycles. The average Bonchev–Trinajstić information content (AvgIpc) is 3.29. The Balaban J connectivity index is 0.000000474. The van der Waals surface area contributed by atoms with E-state index >= 15 is 0 Å². The summed E-state index contributed by atoms with van der Waals surface area (Å²) in [4.78, 5) is 0. The molecule has 0 unspecified atom stereocenters. The highest BCUT2D eigenvalue weighted by atomic mass is 35.5. The van der Waals surface area contributed by atoms with Gasteiger partial charge in [0, 0.05) is 0 Å². The number of hydrogen-bond donors (Lipinski definition) is 0. The highest BCUT2D eigenvalue weighted by Crippen LogP contribution is 2.36. The highest BCUT2D eigenvalue weighted by molar-refractivity contribution is 6.31. The van der Waals surface area contributed by atoms with Gasteiger partial charge >= 0.3 is 0 Å². The van der Waals surface area contributed by atoms with E-state index in [1.165, 1.54) is 70.9 Å². The van der Waals surface area contributed by atoms with Crippen LogP contribution in [0.4, 0.5) is 30.7 Å². The molecule has 0 amide bonds. The fourth-order valence-corrected chi connectivity index (χ4v) is 8.75. The molecule has 6 rings (SSSR count). The lowest BCUT2D eigenvalue weighted by molar-refractivity contribution is 0.384.